The van der Waals surface area contributed by atoms with Gasteiger partial charge in [0.15, 0.2) is 0 Å². The van der Waals surface area contributed by atoms with Crippen LogP contribution in [0.15, 0.2) is 18.2 Å². The predicted octanol–water partition coefficient (Wildman–Crippen LogP) is -0.0961. The van der Waals surface area contributed by atoms with Gasteiger partial charge in [-0.1, -0.05) is 0 Å². The van der Waals surface area contributed by atoms with Crippen LogP contribution in [0.5, 0.6) is 5.75 Å². The molecule has 0 fully saturated rings. The number of carbonyl (C=O) groups is 1. The van der Waals surface area contributed by atoms with Crippen molar-refractivity contribution in [3.05, 3.63) is 33.9 Å². The summed E-state index contributed by atoms with van der Waals surface area (Å²) in [4.78, 5) is 20.6. The number of non-ortho nitro benzene ring substituents is 1. The van der Waals surface area contributed by atoms with Crippen LogP contribution in [-0.4, -0.2) is 15.9 Å². The smallest absolute Gasteiger partial charge is 0.273 e. The maximum atomic E-state index is 11.0. The third kappa shape index (κ3) is 1.96. The third-order valence-corrected chi connectivity index (χ3v) is 1.51. The molecular formula is C7H7N3O4. The predicted molar refractivity (Wildman–Crippen MR) is 46.4 cm³/mol. The molecule has 0 unspecified atom stereocenters. The fraction of sp³-hybridized carbons (Fsp3) is 0. The Morgan fingerprint density at radius 3 is 2.64 bits per heavy atom. The molecule has 7 nitrogen and oxygen atoms in total. The molecule has 0 radical (unpaired) electrons. The zero-order chi connectivity index (χ0) is 10.7. The maximum Gasteiger partial charge on any atom is 0.273 e. The Morgan fingerprint density at radius 1 is 1.50 bits per heavy atom. The average molecular weight is 197 g/mol. The normalized spacial score (nSPS) is 9.50. The van der Waals surface area contributed by atoms with Crippen molar-refractivity contribution in [3.63, 3.8) is 0 Å². The molecule has 0 aromatic heterocycles. The molecule has 0 atom stereocenters. The van der Waals surface area contributed by atoms with E-state index in [0.717, 1.165) is 18.2 Å². The summed E-state index contributed by atoms with van der Waals surface area (Å²) in [6, 6.07) is 3.03. The van der Waals surface area contributed by atoms with Gasteiger partial charge in [0.25, 0.3) is 11.6 Å². The highest BCUT2D eigenvalue weighted by molar-refractivity contribution is 5.94. The molecular weight excluding hydrogens is 190 g/mol. The van der Waals surface area contributed by atoms with Crippen molar-refractivity contribution in [2.24, 2.45) is 5.84 Å². The number of amides is 1. The first-order valence-electron chi connectivity index (χ1n) is 3.54. The van der Waals surface area contributed by atoms with Gasteiger partial charge >= 0.3 is 0 Å². The second kappa shape index (κ2) is 3.71. The Hall–Kier alpha value is -2.15. The van der Waals surface area contributed by atoms with E-state index in [0.29, 0.717) is 0 Å². The van der Waals surface area contributed by atoms with E-state index in [4.69, 9.17) is 10.9 Å². The zero-order valence-corrected chi connectivity index (χ0v) is 6.93. The largest absolute Gasteiger partial charge is 0.508 e. The number of phenolic OH excluding ortho intramolecular Hbond substituents is 1. The summed E-state index contributed by atoms with van der Waals surface area (Å²) < 4.78 is 0. The number of rotatable bonds is 2. The van der Waals surface area contributed by atoms with Gasteiger partial charge in [0, 0.05) is 6.07 Å². The molecule has 0 aliphatic carbocycles. The Bertz CT molecular complexity index is 391. The molecule has 0 saturated carbocycles. The standard InChI is InChI=1S/C7H7N3O4/c8-9-7(12)4-1-5(10(13)14)3-6(11)2-4/h1-3,11H,8H2,(H,9,12). The quantitative estimate of drug-likeness (QED) is 0.265. The Kier molecular flexibility index (Phi) is 2.63. The number of nitrogens with one attached hydrogen (secondary N) is 1. The van der Waals surface area contributed by atoms with Crippen LogP contribution in [0.1, 0.15) is 10.4 Å². The van der Waals surface area contributed by atoms with E-state index >= 15 is 0 Å². The summed E-state index contributed by atoms with van der Waals surface area (Å²) in [5, 5.41) is 19.4. The minimum absolute atomic E-state index is 0.0702. The van der Waals surface area contributed by atoms with Gasteiger partial charge in [-0.3, -0.25) is 20.3 Å². The molecule has 4 N–H and O–H groups in total. The van der Waals surface area contributed by atoms with E-state index in [1.807, 2.05) is 0 Å². The lowest BCUT2D eigenvalue weighted by Gasteiger charge is -2.00. The van der Waals surface area contributed by atoms with Crippen molar-refractivity contribution in [2.75, 3.05) is 0 Å². The van der Waals surface area contributed by atoms with Crippen LogP contribution in [0.2, 0.25) is 0 Å². The number of phenols is 1. The van der Waals surface area contributed by atoms with Gasteiger partial charge in [0.1, 0.15) is 5.75 Å². The number of nitro benzene ring substituents is 1. The van der Waals surface area contributed by atoms with E-state index in [1.165, 1.54) is 0 Å². The number of hydrogen-bond donors (Lipinski definition) is 3. The summed E-state index contributed by atoms with van der Waals surface area (Å²) in [7, 11) is 0. The van der Waals surface area contributed by atoms with Crippen LogP contribution in [0.4, 0.5) is 5.69 Å². The number of carbonyl (C=O) groups excluding carboxylic acids is 1. The molecule has 0 bridgehead atoms. The van der Waals surface area contributed by atoms with Crippen molar-refractivity contribution in [3.8, 4) is 5.75 Å². The van der Waals surface area contributed by atoms with Crippen molar-refractivity contribution < 1.29 is 14.8 Å². The monoisotopic (exact) mass is 197 g/mol. The highest BCUT2D eigenvalue weighted by Crippen LogP contribution is 2.21. The van der Waals surface area contributed by atoms with Gasteiger partial charge in [0.2, 0.25) is 0 Å². The Morgan fingerprint density at radius 2 is 2.14 bits per heavy atom. The van der Waals surface area contributed by atoms with Crippen LogP contribution >= 0.6 is 0 Å². The first-order valence-corrected chi connectivity index (χ1v) is 3.54. The first-order chi connectivity index (χ1) is 6.54. The van der Waals surface area contributed by atoms with E-state index < -0.39 is 10.8 Å². The second-order valence-electron chi connectivity index (χ2n) is 2.47. The lowest BCUT2D eigenvalue weighted by molar-refractivity contribution is -0.385. The maximum absolute atomic E-state index is 11.0. The highest BCUT2D eigenvalue weighted by Gasteiger charge is 2.13. The molecule has 0 saturated heterocycles. The summed E-state index contributed by atoms with van der Waals surface area (Å²) in [6.45, 7) is 0. The average Bonchev–Trinajstić information content (AvgIpc) is 2.15. The number of benzene rings is 1. The lowest BCUT2D eigenvalue weighted by atomic mass is 10.2. The fourth-order valence-electron chi connectivity index (χ4n) is 0.915. The van der Waals surface area contributed by atoms with Crippen LogP contribution < -0.4 is 11.3 Å². The summed E-state index contributed by atoms with van der Waals surface area (Å²) >= 11 is 0. The van der Waals surface area contributed by atoms with Crippen molar-refractivity contribution in [2.45, 2.75) is 0 Å². The van der Waals surface area contributed by atoms with Gasteiger partial charge in [-0.15, -0.1) is 0 Å². The molecule has 14 heavy (non-hydrogen) atoms. The molecule has 0 aliphatic rings. The van der Waals surface area contributed by atoms with Crippen molar-refractivity contribution in [1.82, 2.24) is 5.43 Å². The minimum Gasteiger partial charge on any atom is -0.508 e. The number of hydrogen-bond acceptors (Lipinski definition) is 5. The highest BCUT2D eigenvalue weighted by atomic mass is 16.6. The van der Waals surface area contributed by atoms with E-state index in [9.17, 15) is 14.9 Å². The van der Waals surface area contributed by atoms with Crippen LogP contribution in [0.25, 0.3) is 0 Å². The van der Waals surface area contributed by atoms with Gasteiger partial charge in [-0.05, 0) is 6.07 Å². The van der Waals surface area contributed by atoms with E-state index in [1.54, 1.807) is 5.43 Å². The molecule has 74 valence electrons. The minimum atomic E-state index is -0.715. The molecule has 7 heteroatoms. The molecule has 0 aliphatic heterocycles. The molecule has 0 heterocycles. The van der Waals surface area contributed by atoms with Gasteiger partial charge in [-0.25, -0.2) is 5.84 Å². The lowest BCUT2D eigenvalue weighted by Crippen LogP contribution is -2.29. The number of aromatic hydroxyl groups is 1. The molecule has 0 spiro atoms. The van der Waals surface area contributed by atoms with Gasteiger partial charge < -0.3 is 5.11 Å². The Labute approximate surface area is 78.3 Å². The number of nitrogen functional groups attached to an aromatic ring is 1. The SMILES string of the molecule is NNC(=O)c1cc(O)cc([N+](=O)[O-])c1. The van der Waals surface area contributed by atoms with Crippen LogP contribution in [0, 0.1) is 10.1 Å². The molecule has 1 rings (SSSR count). The first kappa shape index (κ1) is 9.93. The van der Waals surface area contributed by atoms with Gasteiger partial charge in [-0.2, -0.15) is 0 Å². The van der Waals surface area contributed by atoms with Crippen molar-refractivity contribution >= 4 is 11.6 Å². The topological polar surface area (TPSA) is 118 Å². The summed E-state index contributed by atoms with van der Waals surface area (Å²) in [6.07, 6.45) is 0. The number of nitrogens with zero attached hydrogens (tertiary/aromatic N) is 1. The zero-order valence-electron chi connectivity index (χ0n) is 6.93. The van der Waals surface area contributed by atoms with Crippen molar-refractivity contribution in [1.29, 1.82) is 0 Å². The van der Waals surface area contributed by atoms with Gasteiger partial charge in [0.05, 0.1) is 16.6 Å². The summed E-state index contributed by atoms with van der Waals surface area (Å²) in [5.74, 6) is 3.76. The van der Waals surface area contributed by atoms with E-state index in [2.05, 4.69) is 0 Å². The number of hydrazine groups is 1. The molecule has 1 amide bonds. The third-order valence-electron chi connectivity index (χ3n) is 1.51. The number of nitrogens with two attached hydrogens (primary N) is 1. The Balaban J connectivity index is 3.20. The molecule has 1 aromatic rings. The second-order valence-corrected chi connectivity index (χ2v) is 2.47. The summed E-state index contributed by atoms with van der Waals surface area (Å²) in [5.41, 5.74) is 1.36. The van der Waals surface area contributed by atoms with Crippen LogP contribution in [0.3, 0.4) is 0 Å². The number of nitro groups is 1. The fourth-order valence-corrected chi connectivity index (χ4v) is 0.915. The molecule has 1 aromatic carbocycles. The van der Waals surface area contributed by atoms with E-state index in [-0.39, 0.29) is 17.0 Å². The van der Waals surface area contributed by atoms with Crippen LogP contribution in [-0.2, 0) is 0 Å².